The quantitative estimate of drug-likeness (QED) is 0.778. The zero-order valence-corrected chi connectivity index (χ0v) is 13.1. The van der Waals surface area contributed by atoms with Gasteiger partial charge in [-0.15, -0.1) is 0 Å². The van der Waals surface area contributed by atoms with Crippen LogP contribution in [0.5, 0.6) is 0 Å². The van der Waals surface area contributed by atoms with Gasteiger partial charge in [0.2, 0.25) is 5.91 Å². The molecule has 0 saturated carbocycles. The number of nitriles is 1. The highest BCUT2D eigenvalue weighted by molar-refractivity contribution is 5.76. The zero-order chi connectivity index (χ0) is 14.8. The predicted octanol–water partition coefficient (Wildman–Crippen LogP) is 2.26. The number of likely N-dealkylation sites (tertiary alicyclic amines) is 2. The number of amides is 1. The van der Waals surface area contributed by atoms with E-state index in [4.69, 9.17) is 5.26 Å². The second-order valence-corrected chi connectivity index (χ2v) is 7.46. The van der Waals surface area contributed by atoms with Gasteiger partial charge in [-0.1, -0.05) is 20.8 Å². The number of carbonyl (C=O) groups excluding carboxylic acids is 1. The van der Waals surface area contributed by atoms with Crippen LogP contribution in [0.4, 0.5) is 0 Å². The molecule has 2 aliphatic heterocycles. The summed E-state index contributed by atoms with van der Waals surface area (Å²) >= 11 is 0. The molecule has 0 aromatic heterocycles. The van der Waals surface area contributed by atoms with Crippen LogP contribution in [-0.4, -0.2) is 47.9 Å². The molecule has 2 fully saturated rings. The molecular weight excluding hydrogens is 250 g/mol. The highest BCUT2D eigenvalue weighted by atomic mass is 16.2. The third-order valence-corrected chi connectivity index (χ3v) is 4.42. The van der Waals surface area contributed by atoms with E-state index in [1.54, 1.807) is 0 Å². The number of carbonyl (C=O) groups is 1. The first-order chi connectivity index (χ1) is 9.39. The van der Waals surface area contributed by atoms with Crippen LogP contribution in [0.15, 0.2) is 0 Å². The maximum absolute atomic E-state index is 12.2. The average Bonchev–Trinajstić information content (AvgIpc) is 2.85. The largest absolute Gasteiger partial charge is 0.343 e. The minimum atomic E-state index is 0.0723. The van der Waals surface area contributed by atoms with E-state index in [0.29, 0.717) is 18.4 Å². The molecule has 2 aliphatic rings. The molecule has 2 heterocycles. The Bertz CT molecular complexity index is 386. The van der Waals surface area contributed by atoms with E-state index in [1.807, 2.05) is 4.90 Å². The normalized spacial score (nSPS) is 25.7. The third kappa shape index (κ3) is 3.96. The zero-order valence-electron chi connectivity index (χ0n) is 13.1. The summed E-state index contributed by atoms with van der Waals surface area (Å²) in [6.45, 7) is 10.1. The van der Waals surface area contributed by atoms with Crippen molar-refractivity contribution in [1.29, 1.82) is 5.26 Å². The first-order valence-corrected chi connectivity index (χ1v) is 7.80. The van der Waals surface area contributed by atoms with Crippen LogP contribution in [0.1, 0.15) is 46.5 Å². The van der Waals surface area contributed by atoms with Gasteiger partial charge in [-0.25, -0.2) is 0 Å². The fourth-order valence-corrected chi connectivity index (χ4v) is 3.27. The van der Waals surface area contributed by atoms with E-state index in [-0.39, 0.29) is 11.3 Å². The van der Waals surface area contributed by atoms with Crippen LogP contribution in [0.25, 0.3) is 0 Å². The highest BCUT2D eigenvalue weighted by Gasteiger charge is 2.32. The standard InChI is InChI=1S/C16H27N3O/c1-16(2,3)10-15(20)18-8-5-14(6-9-18)19-7-4-13(11-17)12-19/h13-14H,4-10,12H2,1-3H3. The molecule has 0 bridgehead atoms. The Morgan fingerprint density at radius 3 is 2.35 bits per heavy atom. The number of hydrogen-bond acceptors (Lipinski definition) is 3. The molecular formula is C16H27N3O. The van der Waals surface area contributed by atoms with E-state index in [2.05, 4.69) is 31.7 Å². The molecule has 0 spiro atoms. The molecule has 0 aliphatic carbocycles. The van der Waals surface area contributed by atoms with Crippen molar-refractivity contribution in [2.24, 2.45) is 11.3 Å². The van der Waals surface area contributed by atoms with Gasteiger partial charge in [-0.2, -0.15) is 5.26 Å². The van der Waals surface area contributed by atoms with Crippen molar-refractivity contribution in [3.05, 3.63) is 0 Å². The lowest BCUT2D eigenvalue weighted by Crippen LogP contribution is -2.46. The summed E-state index contributed by atoms with van der Waals surface area (Å²) in [4.78, 5) is 16.7. The number of hydrogen-bond donors (Lipinski definition) is 0. The van der Waals surface area contributed by atoms with Crippen LogP contribution in [0.2, 0.25) is 0 Å². The monoisotopic (exact) mass is 277 g/mol. The molecule has 4 heteroatoms. The third-order valence-electron chi connectivity index (χ3n) is 4.42. The van der Waals surface area contributed by atoms with Crippen molar-refractivity contribution >= 4 is 5.91 Å². The Balaban J connectivity index is 1.78. The molecule has 2 rings (SSSR count). The average molecular weight is 277 g/mol. The molecule has 0 N–H and O–H groups in total. The summed E-state index contributed by atoms with van der Waals surface area (Å²) in [5, 5.41) is 8.98. The SMILES string of the molecule is CC(C)(C)CC(=O)N1CCC(N2CCC(C#N)C2)CC1. The van der Waals surface area contributed by atoms with Gasteiger partial charge in [0.1, 0.15) is 0 Å². The summed E-state index contributed by atoms with van der Waals surface area (Å²) < 4.78 is 0. The molecule has 2 saturated heterocycles. The van der Waals surface area contributed by atoms with Gasteiger partial charge in [0.05, 0.1) is 12.0 Å². The van der Waals surface area contributed by atoms with Gasteiger partial charge in [-0.3, -0.25) is 9.69 Å². The van der Waals surface area contributed by atoms with Gasteiger partial charge in [0.15, 0.2) is 0 Å². The fourth-order valence-electron chi connectivity index (χ4n) is 3.27. The molecule has 0 radical (unpaired) electrons. The minimum Gasteiger partial charge on any atom is -0.343 e. The Kier molecular flexibility index (Phi) is 4.70. The van der Waals surface area contributed by atoms with E-state index >= 15 is 0 Å². The fraction of sp³-hybridized carbons (Fsp3) is 0.875. The lowest BCUT2D eigenvalue weighted by molar-refractivity contribution is -0.134. The number of nitrogens with zero attached hydrogens (tertiary/aromatic N) is 3. The Labute approximate surface area is 122 Å². The summed E-state index contributed by atoms with van der Waals surface area (Å²) in [6, 6.07) is 2.96. The molecule has 0 aromatic carbocycles. The van der Waals surface area contributed by atoms with Crippen LogP contribution in [-0.2, 0) is 4.79 Å². The summed E-state index contributed by atoms with van der Waals surface area (Å²) in [5.41, 5.74) is 0.0723. The topological polar surface area (TPSA) is 47.3 Å². The number of rotatable bonds is 2. The van der Waals surface area contributed by atoms with Gasteiger partial charge in [0.25, 0.3) is 0 Å². The van der Waals surface area contributed by atoms with Crippen molar-refractivity contribution in [2.75, 3.05) is 26.2 Å². The molecule has 112 valence electrons. The van der Waals surface area contributed by atoms with Crippen molar-refractivity contribution < 1.29 is 4.79 Å². The Morgan fingerprint density at radius 1 is 1.20 bits per heavy atom. The van der Waals surface area contributed by atoms with E-state index in [0.717, 1.165) is 45.4 Å². The van der Waals surface area contributed by atoms with Crippen molar-refractivity contribution in [3.8, 4) is 6.07 Å². The summed E-state index contributed by atoms with van der Waals surface area (Å²) in [6.07, 6.45) is 3.78. The van der Waals surface area contributed by atoms with Gasteiger partial charge < -0.3 is 4.90 Å². The maximum Gasteiger partial charge on any atom is 0.223 e. The molecule has 20 heavy (non-hydrogen) atoms. The molecule has 1 unspecified atom stereocenters. The second kappa shape index (κ2) is 6.13. The number of piperidine rings is 1. The molecule has 4 nitrogen and oxygen atoms in total. The van der Waals surface area contributed by atoms with Gasteiger partial charge in [-0.05, 0) is 31.2 Å². The van der Waals surface area contributed by atoms with Crippen molar-refractivity contribution in [2.45, 2.75) is 52.5 Å². The second-order valence-electron chi connectivity index (χ2n) is 7.46. The van der Waals surface area contributed by atoms with Crippen LogP contribution < -0.4 is 0 Å². The van der Waals surface area contributed by atoms with Crippen LogP contribution >= 0.6 is 0 Å². The first-order valence-electron chi connectivity index (χ1n) is 7.80. The Hall–Kier alpha value is -1.08. The molecule has 1 amide bonds. The smallest absolute Gasteiger partial charge is 0.223 e. The van der Waals surface area contributed by atoms with Crippen molar-refractivity contribution in [3.63, 3.8) is 0 Å². The van der Waals surface area contributed by atoms with E-state index in [9.17, 15) is 4.79 Å². The molecule has 1 atom stereocenters. The summed E-state index contributed by atoms with van der Waals surface area (Å²) in [5.74, 6) is 0.517. The lowest BCUT2D eigenvalue weighted by Gasteiger charge is -2.37. The molecule has 0 aromatic rings. The van der Waals surface area contributed by atoms with Gasteiger partial charge >= 0.3 is 0 Å². The summed E-state index contributed by atoms with van der Waals surface area (Å²) in [7, 11) is 0. The predicted molar refractivity (Wildman–Crippen MR) is 79.0 cm³/mol. The van der Waals surface area contributed by atoms with Gasteiger partial charge in [0, 0.05) is 32.1 Å². The van der Waals surface area contributed by atoms with E-state index in [1.165, 1.54) is 0 Å². The van der Waals surface area contributed by atoms with Crippen LogP contribution in [0.3, 0.4) is 0 Å². The minimum absolute atomic E-state index is 0.0723. The lowest BCUT2D eigenvalue weighted by atomic mass is 9.91. The van der Waals surface area contributed by atoms with Crippen LogP contribution in [0, 0.1) is 22.7 Å². The maximum atomic E-state index is 12.2. The van der Waals surface area contributed by atoms with Crippen molar-refractivity contribution in [1.82, 2.24) is 9.80 Å². The van der Waals surface area contributed by atoms with E-state index < -0.39 is 0 Å². The Morgan fingerprint density at radius 2 is 1.85 bits per heavy atom. The highest BCUT2D eigenvalue weighted by Crippen LogP contribution is 2.26. The first kappa shape index (κ1) is 15.3.